The van der Waals surface area contributed by atoms with Crippen LogP contribution in [0.15, 0.2) is 55.3 Å². The highest BCUT2D eigenvalue weighted by molar-refractivity contribution is 7.91. The van der Waals surface area contributed by atoms with Crippen LogP contribution in [-0.2, 0) is 24.4 Å². The Bertz CT molecular complexity index is 1930. The molecule has 50 heavy (non-hydrogen) atoms. The number of anilines is 1. The summed E-state index contributed by atoms with van der Waals surface area (Å²) >= 11 is 0. The van der Waals surface area contributed by atoms with Crippen molar-refractivity contribution < 1.29 is 32.3 Å². The van der Waals surface area contributed by atoms with E-state index in [1.807, 2.05) is 58.0 Å². The first kappa shape index (κ1) is 35.1. The SMILES string of the molecule is C=C[C@@H]1C[C@]1(NC(=O)[C@@H]1C[C@@H](Oc2nccc3cc(OC)ccc23)CN1C(=O)C(Nc1cc(C)cc(C)n1)C(C)C)C(=O)NS(=O)(=O)C1CC1. The molecule has 2 saturated carbocycles. The molecule has 3 fully saturated rings. The molecule has 2 aliphatic carbocycles. The van der Waals surface area contributed by atoms with Crippen LogP contribution in [0.4, 0.5) is 5.82 Å². The monoisotopic (exact) mass is 704 g/mol. The number of ether oxygens (including phenoxy) is 2. The van der Waals surface area contributed by atoms with Gasteiger partial charge in [-0.05, 0) is 86.4 Å². The number of rotatable bonds is 13. The van der Waals surface area contributed by atoms with Crippen molar-refractivity contribution >= 4 is 44.3 Å². The molecule has 5 atom stereocenters. The van der Waals surface area contributed by atoms with E-state index < -0.39 is 56.7 Å². The fraction of sp³-hybridized carbons (Fsp3) is 0.472. The summed E-state index contributed by atoms with van der Waals surface area (Å²) in [6, 6.07) is 9.36. The van der Waals surface area contributed by atoms with Crippen LogP contribution in [0.2, 0.25) is 0 Å². The summed E-state index contributed by atoms with van der Waals surface area (Å²) in [6.45, 7) is 11.5. The molecular formula is C36H44N6O7S. The third-order valence-electron chi connectivity index (χ3n) is 9.64. The Hall–Kier alpha value is -4.72. The molecule has 1 aromatic carbocycles. The first-order valence-corrected chi connectivity index (χ1v) is 18.4. The number of nitrogens with one attached hydrogen (secondary N) is 3. The Morgan fingerprint density at radius 2 is 1.88 bits per heavy atom. The second-order valence-corrected chi connectivity index (χ2v) is 15.9. The maximum absolute atomic E-state index is 14.5. The van der Waals surface area contributed by atoms with E-state index in [4.69, 9.17) is 9.47 Å². The number of hydrogen-bond donors (Lipinski definition) is 3. The van der Waals surface area contributed by atoms with E-state index in [9.17, 15) is 22.8 Å². The van der Waals surface area contributed by atoms with Crippen LogP contribution < -0.4 is 24.8 Å². The Labute approximate surface area is 292 Å². The van der Waals surface area contributed by atoms with Gasteiger partial charge in [0.25, 0.3) is 5.91 Å². The van der Waals surface area contributed by atoms with Gasteiger partial charge in [-0.2, -0.15) is 0 Å². The zero-order valence-electron chi connectivity index (χ0n) is 28.9. The zero-order chi connectivity index (χ0) is 36.0. The molecular weight excluding hydrogens is 660 g/mol. The molecule has 14 heteroatoms. The van der Waals surface area contributed by atoms with E-state index in [1.54, 1.807) is 19.4 Å². The summed E-state index contributed by atoms with van der Waals surface area (Å²) in [5, 5.41) is 7.10. The topological polar surface area (TPSA) is 169 Å². The highest BCUT2D eigenvalue weighted by atomic mass is 32.2. The van der Waals surface area contributed by atoms with E-state index >= 15 is 0 Å². The van der Waals surface area contributed by atoms with Gasteiger partial charge in [0, 0.05) is 29.6 Å². The Kier molecular flexibility index (Phi) is 9.51. The lowest BCUT2D eigenvalue weighted by molar-refractivity contribution is -0.140. The minimum Gasteiger partial charge on any atom is -0.497 e. The quantitative estimate of drug-likeness (QED) is 0.224. The van der Waals surface area contributed by atoms with Crippen molar-refractivity contribution in [2.75, 3.05) is 19.0 Å². The predicted octanol–water partition coefficient (Wildman–Crippen LogP) is 3.41. The lowest BCUT2D eigenvalue weighted by atomic mass is 10.0. The molecule has 3 heterocycles. The summed E-state index contributed by atoms with van der Waals surface area (Å²) in [7, 11) is -2.27. The standard InChI is InChI=1S/C36H44N6O7S/c1-7-24-18-36(24,35(45)41-50(46,47)27-9-10-27)40-32(43)29-17-26(49-33-28-11-8-25(48-6)16-23(28)12-13-37-33)19-42(29)34(44)31(20(2)3)39-30-15-21(4)14-22(5)38-30/h7-8,11-16,20,24,26-27,29,31H,1,9-10,17-19H2,2-6H3,(H,38,39)(H,40,43)(H,41,45)/t24-,26-,29+,31?,36-/m1/s1. The number of aromatic nitrogens is 2. The average molecular weight is 705 g/mol. The van der Waals surface area contributed by atoms with Crippen molar-refractivity contribution in [3.05, 3.63) is 66.5 Å². The number of carbonyl (C=O) groups excluding carboxylic acids is 3. The molecule has 3 aromatic rings. The number of carbonyl (C=O) groups is 3. The van der Waals surface area contributed by atoms with Gasteiger partial charge < -0.3 is 25.0 Å². The smallest absolute Gasteiger partial charge is 0.259 e. The van der Waals surface area contributed by atoms with Crippen LogP contribution in [-0.4, -0.2) is 83.6 Å². The fourth-order valence-corrected chi connectivity index (χ4v) is 8.03. The maximum atomic E-state index is 14.5. The summed E-state index contributed by atoms with van der Waals surface area (Å²) in [5.41, 5.74) is 0.280. The van der Waals surface area contributed by atoms with Crippen LogP contribution in [0.1, 0.15) is 50.8 Å². The number of amides is 3. The highest BCUT2D eigenvalue weighted by Gasteiger charge is 2.62. The van der Waals surface area contributed by atoms with Gasteiger partial charge in [0.1, 0.15) is 35.3 Å². The molecule has 3 amide bonds. The van der Waals surface area contributed by atoms with Crippen LogP contribution >= 0.6 is 0 Å². The number of pyridine rings is 2. The van der Waals surface area contributed by atoms with Gasteiger partial charge >= 0.3 is 0 Å². The molecule has 13 nitrogen and oxygen atoms in total. The van der Waals surface area contributed by atoms with E-state index in [0.717, 1.165) is 22.0 Å². The van der Waals surface area contributed by atoms with Crippen molar-refractivity contribution in [3.63, 3.8) is 0 Å². The van der Waals surface area contributed by atoms with Crippen molar-refractivity contribution in [3.8, 4) is 11.6 Å². The third kappa shape index (κ3) is 7.11. The summed E-state index contributed by atoms with van der Waals surface area (Å²) < 4.78 is 39.3. The maximum Gasteiger partial charge on any atom is 0.259 e. The lowest BCUT2D eigenvalue weighted by Crippen LogP contribution is -2.58. The van der Waals surface area contributed by atoms with E-state index in [1.165, 1.54) is 11.0 Å². The third-order valence-corrected chi connectivity index (χ3v) is 11.5. The van der Waals surface area contributed by atoms with Gasteiger partial charge in [0.2, 0.25) is 27.7 Å². The van der Waals surface area contributed by atoms with E-state index in [2.05, 4.69) is 31.9 Å². The molecule has 3 N–H and O–H groups in total. The number of fused-ring (bicyclic) bond motifs is 1. The highest BCUT2D eigenvalue weighted by Crippen LogP contribution is 2.45. The van der Waals surface area contributed by atoms with Gasteiger partial charge in [-0.3, -0.25) is 19.1 Å². The minimum atomic E-state index is -3.86. The first-order chi connectivity index (χ1) is 23.7. The molecule has 1 aliphatic heterocycles. The summed E-state index contributed by atoms with van der Waals surface area (Å²) in [6.07, 6.45) is 3.78. The van der Waals surface area contributed by atoms with E-state index in [-0.39, 0.29) is 31.2 Å². The van der Waals surface area contributed by atoms with Crippen molar-refractivity contribution in [2.24, 2.45) is 11.8 Å². The largest absolute Gasteiger partial charge is 0.497 e. The zero-order valence-corrected chi connectivity index (χ0v) is 29.7. The summed E-state index contributed by atoms with van der Waals surface area (Å²) in [5.74, 6) is -0.837. The Balaban J connectivity index is 1.29. The number of nitrogens with zero attached hydrogens (tertiary/aromatic N) is 3. The van der Waals surface area contributed by atoms with Gasteiger partial charge in [0.15, 0.2) is 0 Å². The predicted molar refractivity (Wildman–Crippen MR) is 188 cm³/mol. The molecule has 2 aromatic heterocycles. The number of likely N-dealkylation sites (tertiary alicyclic amines) is 1. The minimum absolute atomic E-state index is 0.0659. The summed E-state index contributed by atoms with van der Waals surface area (Å²) in [4.78, 5) is 52.6. The van der Waals surface area contributed by atoms with Crippen molar-refractivity contribution in [1.82, 2.24) is 24.9 Å². The second-order valence-electron chi connectivity index (χ2n) is 13.9. The van der Waals surface area contributed by atoms with Gasteiger partial charge in [0.05, 0.1) is 18.9 Å². The molecule has 1 unspecified atom stereocenters. The number of methoxy groups -OCH3 is 1. The van der Waals surface area contributed by atoms with Crippen LogP contribution in [0.5, 0.6) is 11.6 Å². The number of benzene rings is 1. The van der Waals surface area contributed by atoms with Crippen LogP contribution in [0.3, 0.4) is 0 Å². The first-order valence-electron chi connectivity index (χ1n) is 16.9. The second kappa shape index (κ2) is 13.5. The lowest BCUT2D eigenvalue weighted by Gasteiger charge is -2.31. The number of sulfonamides is 1. The molecule has 6 rings (SSSR count). The molecule has 3 aliphatic rings. The van der Waals surface area contributed by atoms with Crippen LogP contribution in [0.25, 0.3) is 10.8 Å². The van der Waals surface area contributed by atoms with Crippen molar-refractivity contribution in [2.45, 2.75) is 82.4 Å². The van der Waals surface area contributed by atoms with Crippen LogP contribution in [0, 0.1) is 25.7 Å². The molecule has 0 spiro atoms. The Morgan fingerprint density at radius 1 is 1.12 bits per heavy atom. The fourth-order valence-electron chi connectivity index (χ4n) is 6.67. The molecule has 266 valence electrons. The molecule has 0 radical (unpaired) electrons. The normalized spacial score (nSPS) is 23.6. The van der Waals surface area contributed by atoms with Gasteiger partial charge in [-0.15, -0.1) is 6.58 Å². The van der Waals surface area contributed by atoms with E-state index in [0.29, 0.717) is 30.3 Å². The molecule has 0 bridgehead atoms. The average Bonchev–Trinajstić information content (AvgIpc) is 3.99. The Morgan fingerprint density at radius 3 is 2.52 bits per heavy atom. The molecule has 1 saturated heterocycles. The number of hydrogen-bond acceptors (Lipinski definition) is 10. The van der Waals surface area contributed by atoms with Crippen molar-refractivity contribution in [1.29, 1.82) is 0 Å². The van der Waals surface area contributed by atoms with Gasteiger partial charge in [-0.25, -0.2) is 18.4 Å². The van der Waals surface area contributed by atoms with Gasteiger partial charge in [-0.1, -0.05) is 19.9 Å². The number of aryl methyl sites for hydroxylation is 2.